The first-order chi connectivity index (χ1) is 13.4. The van der Waals surface area contributed by atoms with E-state index >= 15 is 0 Å². The van der Waals surface area contributed by atoms with Crippen LogP contribution in [0.25, 0.3) is 11.0 Å². The van der Waals surface area contributed by atoms with Gasteiger partial charge >= 0.3 is 0 Å². The van der Waals surface area contributed by atoms with Gasteiger partial charge in [0.2, 0.25) is 5.76 Å². The number of nitrogens with zero attached hydrogens (tertiary/aromatic N) is 2. The molecule has 4 rings (SSSR count). The number of carbonyl (C=O) groups is 1. The van der Waals surface area contributed by atoms with Crippen molar-refractivity contribution in [3.8, 4) is 0 Å². The first kappa shape index (κ1) is 19.2. The summed E-state index contributed by atoms with van der Waals surface area (Å²) in [4.78, 5) is 30.2. The van der Waals surface area contributed by atoms with Crippen LogP contribution >= 0.6 is 27.5 Å². The Kier molecular flexibility index (Phi) is 5.04. The fourth-order valence-corrected chi connectivity index (χ4v) is 4.11. The fraction of sp³-hybridized carbons (Fsp3) is 0.238. The molecule has 1 unspecified atom stereocenters. The van der Waals surface area contributed by atoms with Crippen molar-refractivity contribution in [3.05, 3.63) is 79.1 Å². The molecule has 0 spiro atoms. The number of hydrogen-bond donors (Lipinski definition) is 0. The van der Waals surface area contributed by atoms with Gasteiger partial charge in [0.25, 0.3) is 5.91 Å². The average Bonchev–Trinajstić information content (AvgIpc) is 2.93. The summed E-state index contributed by atoms with van der Waals surface area (Å²) in [7, 11) is 3.88. The Morgan fingerprint density at radius 1 is 1.18 bits per heavy atom. The molecular weight excluding hydrogens is 444 g/mol. The van der Waals surface area contributed by atoms with Crippen molar-refractivity contribution < 1.29 is 9.21 Å². The summed E-state index contributed by atoms with van der Waals surface area (Å²) in [6.45, 7) is 1.13. The smallest absolute Gasteiger partial charge is 0.290 e. The minimum Gasteiger partial charge on any atom is -0.450 e. The van der Waals surface area contributed by atoms with E-state index in [9.17, 15) is 9.59 Å². The van der Waals surface area contributed by atoms with Gasteiger partial charge in [-0.05, 0) is 50.0 Å². The summed E-state index contributed by atoms with van der Waals surface area (Å²) in [5, 5.41) is 1.00. The van der Waals surface area contributed by atoms with Crippen LogP contribution < -0.4 is 5.43 Å². The van der Waals surface area contributed by atoms with E-state index in [1.807, 2.05) is 31.1 Å². The maximum Gasteiger partial charge on any atom is 0.290 e. The molecular formula is C21H18BrClN2O3. The summed E-state index contributed by atoms with van der Waals surface area (Å²) in [6.07, 6.45) is 0. The van der Waals surface area contributed by atoms with Gasteiger partial charge in [-0.25, -0.2) is 0 Å². The lowest BCUT2D eigenvalue weighted by atomic mass is 9.98. The number of amides is 1. The molecule has 0 fully saturated rings. The minimum atomic E-state index is -0.527. The van der Waals surface area contributed by atoms with Gasteiger partial charge in [0, 0.05) is 22.6 Å². The Labute approximate surface area is 175 Å². The van der Waals surface area contributed by atoms with Crippen molar-refractivity contribution in [2.24, 2.45) is 0 Å². The lowest BCUT2D eigenvalue weighted by Crippen LogP contribution is -2.35. The number of fused-ring (bicyclic) bond motifs is 2. The normalized spacial score (nSPS) is 16.2. The summed E-state index contributed by atoms with van der Waals surface area (Å²) in [5.41, 5.74) is 1.37. The fourth-order valence-electron chi connectivity index (χ4n) is 3.55. The van der Waals surface area contributed by atoms with Crippen molar-refractivity contribution in [2.75, 3.05) is 27.2 Å². The Morgan fingerprint density at radius 3 is 2.68 bits per heavy atom. The van der Waals surface area contributed by atoms with Crippen molar-refractivity contribution in [2.45, 2.75) is 6.04 Å². The second-order valence-electron chi connectivity index (χ2n) is 7.07. The molecule has 0 bridgehead atoms. The third kappa shape index (κ3) is 3.26. The molecule has 1 aliphatic heterocycles. The highest BCUT2D eigenvalue weighted by atomic mass is 79.9. The predicted octanol–water partition coefficient (Wildman–Crippen LogP) is 4.32. The van der Waals surface area contributed by atoms with E-state index in [1.54, 1.807) is 35.2 Å². The van der Waals surface area contributed by atoms with Gasteiger partial charge in [0.05, 0.1) is 17.0 Å². The lowest BCUT2D eigenvalue weighted by molar-refractivity contribution is 0.0716. The molecule has 3 aromatic rings. The summed E-state index contributed by atoms with van der Waals surface area (Å²) >= 11 is 9.60. The van der Waals surface area contributed by atoms with Crippen LogP contribution in [-0.2, 0) is 0 Å². The maximum absolute atomic E-state index is 13.4. The number of hydrogen-bond acceptors (Lipinski definition) is 4. The highest BCUT2D eigenvalue weighted by Crippen LogP contribution is 2.38. The largest absolute Gasteiger partial charge is 0.450 e. The SMILES string of the molecule is CN(C)CCN1C(=O)c2oc3ccc(Br)cc3c(=O)c2C1c1cccc(Cl)c1. The average molecular weight is 462 g/mol. The second-order valence-corrected chi connectivity index (χ2v) is 8.43. The van der Waals surface area contributed by atoms with Gasteiger partial charge in [-0.1, -0.05) is 39.7 Å². The van der Waals surface area contributed by atoms with Gasteiger partial charge < -0.3 is 14.2 Å². The molecule has 2 aromatic carbocycles. The highest BCUT2D eigenvalue weighted by molar-refractivity contribution is 9.10. The third-order valence-electron chi connectivity index (χ3n) is 4.88. The minimum absolute atomic E-state index is 0.114. The van der Waals surface area contributed by atoms with E-state index in [0.717, 1.165) is 10.0 Å². The maximum atomic E-state index is 13.4. The Morgan fingerprint density at radius 2 is 1.96 bits per heavy atom. The van der Waals surface area contributed by atoms with Crippen LogP contribution in [0.5, 0.6) is 0 Å². The van der Waals surface area contributed by atoms with Gasteiger partial charge in [0.15, 0.2) is 5.43 Å². The quantitative estimate of drug-likeness (QED) is 0.581. The van der Waals surface area contributed by atoms with Gasteiger partial charge in [-0.3, -0.25) is 9.59 Å². The van der Waals surface area contributed by atoms with E-state index < -0.39 is 6.04 Å². The van der Waals surface area contributed by atoms with Crippen molar-refractivity contribution in [3.63, 3.8) is 0 Å². The summed E-state index contributed by atoms with van der Waals surface area (Å²) in [6, 6.07) is 12.0. The van der Waals surface area contributed by atoms with Gasteiger partial charge in [0.1, 0.15) is 5.58 Å². The molecule has 0 radical (unpaired) electrons. The zero-order chi connectivity index (χ0) is 20.0. The van der Waals surface area contributed by atoms with Gasteiger partial charge in [-0.15, -0.1) is 0 Å². The molecule has 0 saturated heterocycles. The van der Waals surface area contributed by atoms with E-state index in [1.165, 1.54) is 0 Å². The molecule has 5 nitrogen and oxygen atoms in total. The zero-order valence-electron chi connectivity index (χ0n) is 15.4. The van der Waals surface area contributed by atoms with Crippen LogP contribution in [0, 0.1) is 0 Å². The number of benzene rings is 2. The summed E-state index contributed by atoms with van der Waals surface area (Å²) in [5.74, 6) is -0.160. The molecule has 1 aliphatic rings. The van der Waals surface area contributed by atoms with Crippen LogP contribution in [0.1, 0.15) is 27.7 Å². The van der Waals surface area contributed by atoms with Gasteiger partial charge in [-0.2, -0.15) is 0 Å². The van der Waals surface area contributed by atoms with Crippen molar-refractivity contribution in [1.29, 1.82) is 0 Å². The van der Waals surface area contributed by atoms with E-state index in [0.29, 0.717) is 34.6 Å². The third-order valence-corrected chi connectivity index (χ3v) is 5.61. The van der Waals surface area contributed by atoms with Crippen LogP contribution in [-0.4, -0.2) is 42.9 Å². The molecule has 144 valence electrons. The van der Waals surface area contributed by atoms with Crippen LogP contribution in [0.3, 0.4) is 0 Å². The Balaban J connectivity index is 1.96. The van der Waals surface area contributed by atoms with Crippen molar-refractivity contribution in [1.82, 2.24) is 9.80 Å². The number of halogens is 2. The van der Waals surface area contributed by atoms with Crippen molar-refractivity contribution >= 4 is 44.4 Å². The van der Waals surface area contributed by atoms with E-state index in [4.69, 9.17) is 16.0 Å². The summed E-state index contributed by atoms with van der Waals surface area (Å²) < 4.78 is 6.69. The predicted molar refractivity (Wildman–Crippen MR) is 113 cm³/mol. The molecule has 1 amide bonds. The Bertz CT molecular complexity index is 1140. The number of carbonyl (C=O) groups excluding carboxylic acids is 1. The molecule has 2 heterocycles. The lowest BCUT2D eigenvalue weighted by Gasteiger charge is -2.26. The molecule has 0 saturated carbocycles. The topological polar surface area (TPSA) is 53.8 Å². The highest BCUT2D eigenvalue weighted by Gasteiger charge is 2.42. The second kappa shape index (κ2) is 7.35. The number of likely N-dealkylation sites (N-methyl/N-ethyl adjacent to an activating group) is 1. The molecule has 7 heteroatoms. The molecule has 1 atom stereocenters. The monoisotopic (exact) mass is 460 g/mol. The molecule has 0 N–H and O–H groups in total. The standard InChI is InChI=1S/C21H18BrClN2O3/c1-24(2)8-9-25-18(12-4-3-5-14(23)10-12)17-19(26)15-11-13(22)6-7-16(15)28-20(17)21(25)27/h3-7,10-11,18H,8-9H2,1-2H3. The van der Waals surface area contributed by atoms with E-state index in [2.05, 4.69) is 15.9 Å². The molecule has 28 heavy (non-hydrogen) atoms. The number of rotatable bonds is 4. The van der Waals surface area contributed by atoms with E-state index in [-0.39, 0.29) is 17.1 Å². The van der Waals surface area contributed by atoms with Crippen LogP contribution in [0.15, 0.2) is 56.1 Å². The van der Waals surface area contributed by atoms with Crippen LogP contribution in [0.2, 0.25) is 5.02 Å². The Hall–Kier alpha value is -2.15. The van der Waals surface area contributed by atoms with Crippen LogP contribution in [0.4, 0.5) is 0 Å². The molecule has 1 aromatic heterocycles. The molecule has 0 aliphatic carbocycles. The first-order valence-corrected chi connectivity index (χ1v) is 10.0. The first-order valence-electron chi connectivity index (χ1n) is 8.84. The zero-order valence-corrected chi connectivity index (χ0v) is 17.8.